The van der Waals surface area contributed by atoms with Gasteiger partial charge >= 0.3 is 0 Å². The maximum atomic E-state index is 6.49. The molecular formula is C23H25N9. The minimum absolute atomic E-state index is 0.519. The normalized spacial score (nSPS) is 11.4. The molecule has 9 heteroatoms. The number of anilines is 1. The molecule has 0 bridgehead atoms. The van der Waals surface area contributed by atoms with Crippen molar-refractivity contribution in [3.63, 3.8) is 0 Å². The predicted octanol–water partition coefficient (Wildman–Crippen LogP) is 3.68. The van der Waals surface area contributed by atoms with E-state index in [4.69, 9.17) is 10.7 Å². The van der Waals surface area contributed by atoms with Gasteiger partial charge in [-0.1, -0.05) is 19.4 Å². The van der Waals surface area contributed by atoms with E-state index < -0.39 is 0 Å². The van der Waals surface area contributed by atoms with Gasteiger partial charge in [-0.3, -0.25) is 0 Å². The van der Waals surface area contributed by atoms with Crippen LogP contribution in [0.4, 0.5) is 5.69 Å². The zero-order valence-corrected chi connectivity index (χ0v) is 18.2. The number of aryl methyl sites for hydroxylation is 2. The second-order valence-corrected chi connectivity index (χ2v) is 7.91. The van der Waals surface area contributed by atoms with Crippen LogP contribution in [-0.2, 0) is 13.0 Å². The van der Waals surface area contributed by atoms with E-state index in [-0.39, 0.29) is 0 Å². The summed E-state index contributed by atoms with van der Waals surface area (Å²) in [7, 11) is 0. The molecule has 5 rings (SSSR count). The van der Waals surface area contributed by atoms with E-state index in [1.54, 1.807) is 0 Å². The van der Waals surface area contributed by atoms with Crippen LogP contribution < -0.4 is 5.73 Å². The van der Waals surface area contributed by atoms with Crippen molar-refractivity contribution in [2.75, 3.05) is 5.73 Å². The summed E-state index contributed by atoms with van der Waals surface area (Å²) < 4.78 is 4.18. The average molecular weight is 428 g/mol. The molecule has 0 spiro atoms. The summed E-state index contributed by atoms with van der Waals surface area (Å²) in [5, 5.41) is 14.3. The first-order chi connectivity index (χ1) is 15.7. The zero-order chi connectivity index (χ0) is 22.1. The summed E-state index contributed by atoms with van der Waals surface area (Å²) in [6.45, 7) is 4.94. The van der Waals surface area contributed by atoms with E-state index in [0.29, 0.717) is 18.1 Å². The summed E-state index contributed by atoms with van der Waals surface area (Å²) in [5.41, 5.74) is 13.0. The van der Waals surface area contributed by atoms with Crippen molar-refractivity contribution in [2.45, 2.75) is 39.7 Å². The number of pyridine rings is 1. The van der Waals surface area contributed by atoms with E-state index in [1.165, 1.54) is 0 Å². The van der Waals surface area contributed by atoms with Crippen LogP contribution in [0.3, 0.4) is 0 Å². The Balaban J connectivity index is 1.51. The highest BCUT2D eigenvalue weighted by atomic mass is 15.5. The van der Waals surface area contributed by atoms with Crippen molar-refractivity contribution in [1.82, 2.24) is 39.7 Å². The molecule has 0 fully saturated rings. The van der Waals surface area contributed by atoms with Gasteiger partial charge in [-0.15, -0.1) is 10.2 Å². The van der Waals surface area contributed by atoms with Gasteiger partial charge in [0.1, 0.15) is 11.3 Å². The second-order valence-electron chi connectivity index (χ2n) is 7.91. The van der Waals surface area contributed by atoms with Crippen LogP contribution in [-0.4, -0.2) is 39.7 Å². The van der Waals surface area contributed by atoms with Gasteiger partial charge in [0, 0.05) is 18.8 Å². The Morgan fingerprint density at radius 2 is 2.06 bits per heavy atom. The van der Waals surface area contributed by atoms with Crippen molar-refractivity contribution < 1.29 is 0 Å². The third kappa shape index (κ3) is 3.51. The van der Waals surface area contributed by atoms with Gasteiger partial charge in [0.15, 0.2) is 5.65 Å². The molecule has 32 heavy (non-hydrogen) atoms. The Hall–Kier alpha value is -4.01. The number of nitrogens with two attached hydrogens (primary N) is 1. The molecule has 1 aromatic carbocycles. The fraction of sp³-hybridized carbons (Fsp3) is 0.261. The number of aromatic amines is 1. The fourth-order valence-corrected chi connectivity index (χ4v) is 4.02. The molecule has 0 saturated heterocycles. The lowest BCUT2D eigenvalue weighted by molar-refractivity contribution is 0.686. The molecular weight excluding hydrogens is 402 g/mol. The number of hydrogen-bond donors (Lipinski definition) is 2. The number of hydrogen-bond acceptors (Lipinski definition) is 6. The van der Waals surface area contributed by atoms with Crippen molar-refractivity contribution in [1.29, 1.82) is 0 Å². The first-order valence-corrected chi connectivity index (χ1v) is 10.8. The SMILES string of the molecule is CCCCc1nc2c(C)ccnc2n1Cc1ccc(-n2cccc2-c2nn[nH]n2)c(N)c1. The van der Waals surface area contributed by atoms with Gasteiger partial charge in [0.2, 0.25) is 5.82 Å². The average Bonchev–Trinajstić information content (AvgIpc) is 3.53. The van der Waals surface area contributed by atoms with Gasteiger partial charge in [-0.05, 0) is 60.0 Å². The number of imidazole rings is 1. The number of tetrazole rings is 1. The van der Waals surface area contributed by atoms with Gasteiger partial charge in [0.25, 0.3) is 0 Å². The number of fused-ring (bicyclic) bond motifs is 1. The van der Waals surface area contributed by atoms with Crippen molar-refractivity contribution in [3.8, 4) is 17.2 Å². The fourth-order valence-electron chi connectivity index (χ4n) is 4.02. The van der Waals surface area contributed by atoms with E-state index >= 15 is 0 Å². The second kappa shape index (κ2) is 8.26. The molecule has 0 saturated carbocycles. The quantitative estimate of drug-likeness (QED) is 0.383. The van der Waals surface area contributed by atoms with Gasteiger partial charge < -0.3 is 14.9 Å². The minimum atomic E-state index is 0.519. The van der Waals surface area contributed by atoms with Crippen LogP contribution in [0.1, 0.15) is 36.7 Å². The maximum absolute atomic E-state index is 6.49. The lowest BCUT2D eigenvalue weighted by atomic mass is 10.1. The Morgan fingerprint density at radius 1 is 1.16 bits per heavy atom. The number of unbranched alkanes of at least 4 members (excludes halogenated alkanes) is 1. The molecule has 3 N–H and O–H groups in total. The summed E-state index contributed by atoms with van der Waals surface area (Å²) in [6, 6.07) is 12.0. The number of nitrogen functional groups attached to an aromatic ring is 1. The number of benzene rings is 1. The topological polar surface area (TPSA) is 116 Å². The Bertz CT molecular complexity index is 1360. The van der Waals surface area contributed by atoms with Crippen LogP contribution >= 0.6 is 0 Å². The van der Waals surface area contributed by atoms with Crippen LogP contribution in [0, 0.1) is 6.92 Å². The zero-order valence-electron chi connectivity index (χ0n) is 18.2. The highest BCUT2D eigenvalue weighted by Gasteiger charge is 2.16. The summed E-state index contributed by atoms with van der Waals surface area (Å²) >= 11 is 0. The largest absolute Gasteiger partial charge is 0.397 e. The van der Waals surface area contributed by atoms with Gasteiger partial charge in [-0.25, -0.2) is 9.97 Å². The van der Waals surface area contributed by atoms with E-state index in [9.17, 15) is 0 Å². The molecule has 0 amide bonds. The van der Waals surface area contributed by atoms with Crippen molar-refractivity contribution >= 4 is 16.9 Å². The van der Waals surface area contributed by atoms with Crippen molar-refractivity contribution in [2.24, 2.45) is 0 Å². The Morgan fingerprint density at radius 3 is 2.84 bits per heavy atom. The molecule has 0 aliphatic rings. The molecule has 5 aromatic rings. The smallest absolute Gasteiger partial charge is 0.221 e. The first kappa shape index (κ1) is 19.9. The van der Waals surface area contributed by atoms with Gasteiger partial charge in [-0.2, -0.15) is 5.21 Å². The first-order valence-electron chi connectivity index (χ1n) is 10.8. The van der Waals surface area contributed by atoms with Crippen LogP contribution in [0.15, 0.2) is 48.8 Å². The van der Waals surface area contributed by atoms with E-state index in [1.807, 2.05) is 47.3 Å². The number of H-pyrrole nitrogens is 1. The third-order valence-electron chi connectivity index (χ3n) is 5.68. The van der Waals surface area contributed by atoms with E-state index in [0.717, 1.165) is 58.8 Å². The molecule has 0 aliphatic carbocycles. The Labute approximate surface area is 185 Å². The molecule has 0 aliphatic heterocycles. The van der Waals surface area contributed by atoms with Gasteiger partial charge in [0.05, 0.1) is 23.6 Å². The monoisotopic (exact) mass is 427 g/mol. The molecule has 0 radical (unpaired) electrons. The lowest BCUT2D eigenvalue weighted by Crippen LogP contribution is -2.08. The van der Waals surface area contributed by atoms with E-state index in [2.05, 4.69) is 50.1 Å². The molecule has 4 aromatic heterocycles. The standard InChI is InChI=1S/C23H25N9/c1-3-4-7-20-26-21-15(2)10-11-25-23(21)32(20)14-16-8-9-18(17(24)13-16)31-12-5-6-19(31)22-27-29-30-28-22/h5-6,8-13H,3-4,7,14,24H2,1-2H3,(H,27,28,29,30). The van der Waals surface area contributed by atoms with Crippen LogP contribution in [0.25, 0.3) is 28.4 Å². The summed E-state index contributed by atoms with van der Waals surface area (Å²) in [4.78, 5) is 9.54. The number of nitrogens with one attached hydrogen (secondary N) is 1. The molecule has 162 valence electrons. The van der Waals surface area contributed by atoms with Crippen LogP contribution in [0.5, 0.6) is 0 Å². The summed E-state index contributed by atoms with van der Waals surface area (Å²) in [5.74, 6) is 1.58. The molecule has 0 atom stereocenters. The molecule has 0 unspecified atom stereocenters. The predicted molar refractivity (Wildman–Crippen MR) is 123 cm³/mol. The van der Waals surface area contributed by atoms with Crippen molar-refractivity contribution in [3.05, 3.63) is 65.7 Å². The number of aromatic nitrogens is 8. The third-order valence-corrected chi connectivity index (χ3v) is 5.68. The molecule has 9 nitrogen and oxygen atoms in total. The number of rotatable bonds is 7. The van der Waals surface area contributed by atoms with Crippen LogP contribution in [0.2, 0.25) is 0 Å². The minimum Gasteiger partial charge on any atom is -0.397 e. The summed E-state index contributed by atoms with van der Waals surface area (Å²) in [6.07, 6.45) is 6.93. The lowest BCUT2D eigenvalue weighted by Gasteiger charge is -2.13. The highest BCUT2D eigenvalue weighted by Crippen LogP contribution is 2.27. The Kier molecular flexibility index (Phi) is 5.14. The highest BCUT2D eigenvalue weighted by molar-refractivity contribution is 5.75. The maximum Gasteiger partial charge on any atom is 0.221 e. The molecule has 4 heterocycles. The number of nitrogens with zero attached hydrogens (tertiary/aromatic N) is 7.